The number of amides is 1. The summed E-state index contributed by atoms with van der Waals surface area (Å²) in [5.74, 6) is 6.73. The first-order valence-electron chi connectivity index (χ1n) is 10.8. The van der Waals surface area contributed by atoms with E-state index in [0.29, 0.717) is 11.3 Å². The summed E-state index contributed by atoms with van der Waals surface area (Å²) in [6.45, 7) is 9.55. The highest BCUT2D eigenvalue weighted by atomic mass is 32.2. The third-order valence-corrected chi connectivity index (χ3v) is 6.00. The number of methoxy groups -OCH3 is 1. The Morgan fingerprint density at radius 1 is 1.32 bits per heavy atom. The summed E-state index contributed by atoms with van der Waals surface area (Å²) in [4.78, 5) is 13.9. The van der Waals surface area contributed by atoms with Crippen LogP contribution >= 0.6 is 11.1 Å². The zero-order valence-electron chi connectivity index (χ0n) is 20.9. The molecule has 0 saturated heterocycles. The normalized spacial score (nSPS) is 13.7. The second kappa shape index (κ2) is 11.3. The second-order valence-electron chi connectivity index (χ2n) is 8.44. The first kappa shape index (κ1) is 27.1. The van der Waals surface area contributed by atoms with Gasteiger partial charge >= 0.3 is 0 Å². The molecule has 1 aromatic carbocycles. The van der Waals surface area contributed by atoms with E-state index in [1.165, 1.54) is 9.91 Å². The lowest BCUT2D eigenvalue weighted by Gasteiger charge is -2.31. The molecule has 0 bridgehead atoms. The van der Waals surface area contributed by atoms with Gasteiger partial charge in [-0.15, -0.1) is 0 Å². The number of nitrogens with one attached hydrogen (secondary N) is 1. The maximum Gasteiger partial charge on any atom is 0.257 e. The number of nitrogens with two attached hydrogens (primary N) is 1. The van der Waals surface area contributed by atoms with E-state index in [0.717, 1.165) is 5.57 Å². The SMILES string of the molecule is C/C=C(C)/C=C(\OC)[C@@H](C(C)C)N(N)c1n[s+]([O-])nc1Nc1ccc(C)c(C(=O)N(C)C)c1O. The number of carbonyl (C=O) groups excluding carboxylic acids is 1. The van der Waals surface area contributed by atoms with Crippen LogP contribution in [0.2, 0.25) is 0 Å². The highest BCUT2D eigenvalue weighted by Crippen LogP contribution is 2.37. The number of ether oxygens (including phenoxy) is 1. The number of carbonyl (C=O) groups is 1. The summed E-state index contributed by atoms with van der Waals surface area (Å²) in [5.41, 5.74) is 1.97. The molecule has 10 nitrogen and oxygen atoms in total. The minimum atomic E-state index is -1.90. The van der Waals surface area contributed by atoms with E-state index in [4.69, 9.17) is 10.6 Å². The van der Waals surface area contributed by atoms with Gasteiger partial charge < -0.3 is 24.6 Å². The number of phenolic OH excluding ortho intramolecular Hbond substituents is 1. The Kier molecular flexibility index (Phi) is 9.02. The van der Waals surface area contributed by atoms with Gasteiger partial charge in [0.25, 0.3) is 5.91 Å². The Morgan fingerprint density at radius 2 is 1.97 bits per heavy atom. The van der Waals surface area contributed by atoms with E-state index in [9.17, 15) is 14.5 Å². The summed E-state index contributed by atoms with van der Waals surface area (Å²) in [7, 11) is 4.77. The van der Waals surface area contributed by atoms with Gasteiger partial charge in [0.2, 0.25) is 11.6 Å². The Labute approximate surface area is 203 Å². The van der Waals surface area contributed by atoms with Crippen molar-refractivity contribution in [2.24, 2.45) is 11.8 Å². The van der Waals surface area contributed by atoms with E-state index in [1.807, 2.05) is 39.8 Å². The quantitative estimate of drug-likeness (QED) is 0.119. The van der Waals surface area contributed by atoms with Crippen molar-refractivity contribution >= 4 is 34.4 Å². The van der Waals surface area contributed by atoms with Crippen LogP contribution < -0.4 is 16.2 Å². The van der Waals surface area contributed by atoms with Gasteiger partial charge in [-0.2, -0.15) is 0 Å². The zero-order chi connectivity index (χ0) is 25.7. The van der Waals surface area contributed by atoms with Crippen LogP contribution in [0.4, 0.5) is 17.3 Å². The molecule has 0 spiro atoms. The molecule has 0 aliphatic rings. The number of anilines is 3. The number of rotatable bonds is 9. The molecule has 2 atom stereocenters. The minimum absolute atomic E-state index is 0.00376. The highest BCUT2D eigenvalue weighted by molar-refractivity contribution is 7.14. The van der Waals surface area contributed by atoms with Gasteiger partial charge in [-0.25, -0.2) is 5.84 Å². The van der Waals surface area contributed by atoms with Gasteiger partial charge in [-0.1, -0.05) is 31.6 Å². The van der Waals surface area contributed by atoms with Crippen LogP contribution in [-0.2, 0) is 4.74 Å². The molecule has 0 saturated carbocycles. The number of phenols is 1. The van der Waals surface area contributed by atoms with Crippen molar-refractivity contribution in [1.82, 2.24) is 13.6 Å². The average molecular weight is 491 g/mol. The van der Waals surface area contributed by atoms with Crippen LogP contribution in [0.1, 0.15) is 43.6 Å². The van der Waals surface area contributed by atoms with Crippen molar-refractivity contribution in [3.05, 3.63) is 46.7 Å². The minimum Gasteiger partial charge on any atom is -0.546 e. The Hall–Kier alpha value is -3.15. The van der Waals surface area contributed by atoms with Gasteiger partial charge in [-0.05, 0) is 44.4 Å². The molecule has 0 radical (unpaired) electrons. The lowest BCUT2D eigenvalue weighted by molar-refractivity contribution is 0.0824. The number of aromatic nitrogens is 2. The summed E-state index contributed by atoms with van der Waals surface area (Å²) >= 11 is -1.90. The summed E-state index contributed by atoms with van der Waals surface area (Å²) in [5, 5.41) is 15.1. The smallest absolute Gasteiger partial charge is 0.257 e. The molecule has 1 amide bonds. The maximum atomic E-state index is 12.6. The van der Waals surface area contributed by atoms with Gasteiger partial charge in [0.05, 0.1) is 18.4 Å². The molecule has 186 valence electrons. The number of allylic oxidation sites excluding steroid dienone is 3. The molecule has 4 N–H and O–H groups in total. The van der Waals surface area contributed by atoms with E-state index < -0.39 is 17.2 Å². The lowest BCUT2D eigenvalue weighted by atomic mass is 10.00. The molecule has 0 aliphatic heterocycles. The highest BCUT2D eigenvalue weighted by Gasteiger charge is 2.32. The largest absolute Gasteiger partial charge is 0.546 e. The Balaban J connectivity index is 2.54. The first-order valence-corrected chi connectivity index (χ1v) is 11.8. The Morgan fingerprint density at radius 3 is 2.50 bits per heavy atom. The van der Waals surface area contributed by atoms with Crippen LogP contribution in [0.25, 0.3) is 0 Å². The van der Waals surface area contributed by atoms with Crippen molar-refractivity contribution < 1.29 is 19.2 Å². The molecular weight excluding hydrogens is 456 g/mol. The summed E-state index contributed by atoms with van der Waals surface area (Å²) < 4.78 is 26.0. The number of hydrazine groups is 1. The number of benzene rings is 1. The summed E-state index contributed by atoms with van der Waals surface area (Å²) in [6, 6.07) is 2.86. The Bertz CT molecular complexity index is 1090. The van der Waals surface area contributed by atoms with Gasteiger partial charge in [0.1, 0.15) is 11.8 Å². The monoisotopic (exact) mass is 490 g/mol. The van der Waals surface area contributed by atoms with Crippen molar-refractivity contribution in [3.63, 3.8) is 0 Å². The predicted molar refractivity (Wildman–Crippen MR) is 135 cm³/mol. The number of aromatic hydroxyl groups is 1. The molecule has 1 heterocycles. The van der Waals surface area contributed by atoms with Crippen LogP contribution in [0.3, 0.4) is 0 Å². The third kappa shape index (κ3) is 5.85. The third-order valence-electron chi connectivity index (χ3n) is 5.33. The molecule has 0 aliphatic carbocycles. The topological polar surface area (TPSA) is 140 Å². The second-order valence-corrected chi connectivity index (χ2v) is 9.27. The fraction of sp³-hybridized carbons (Fsp3) is 0.435. The molecule has 2 rings (SSSR count). The average Bonchev–Trinajstić information content (AvgIpc) is 3.14. The van der Waals surface area contributed by atoms with E-state index in [-0.39, 0.29) is 40.5 Å². The molecule has 1 aromatic heterocycles. The molecular formula is C23H34N6O4S. The molecule has 1 unspecified atom stereocenters. The van der Waals surface area contributed by atoms with E-state index in [1.54, 1.807) is 40.3 Å². The molecule has 0 fully saturated rings. The van der Waals surface area contributed by atoms with Crippen LogP contribution in [-0.4, -0.2) is 56.5 Å². The zero-order valence-corrected chi connectivity index (χ0v) is 21.7. The van der Waals surface area contributed by atoms with Gasteiger partial charge in [0.15, 0.2) is 16.9 Å². The lowest BCUT2D eigenvalue weighted by Crippen LogP contribution is -2.46. The molecule has 11 heteroatoms. The predicted octanol–water partition coefficient (Wildman–Crippen LogP) is 3.86. The summed E-state index contributed by atoms with van der Waals surface area (Å²) in [6.07, 6.45) is 3.83. The fourth-order valence-electron chi connectivity index (χ4n) is 3.41. The number of hydrogen-bond acceptors (Lipinski definition) is 9. The van der Waals surface area contributed by atoms with E-state index >= 15 is 0 Å². The van der Waals surface area contributed by atoms with Crippen molar-refractivity contribution in [1.29, 1.82) is 0 Å². The standard InChI is InChI=1S/C23H34N6O4S/c1-9-14(4)12-17(33-8)19(13(2)3)29(24)22-21(26-34(32)27-22)25-16-11-10-15(5)18(20(16)30)23(31)28(6)7/h9-13,19,30H,24H2,1-8H3,(H,25,26)/b14-9+,17-12-/t19-,34?/m1/s1. The van der Waals surface area contributed by atoms with Gasteiger partial charge in [0, 0.05) is 22.8 Å². The maximum absolute atomic E-state index is 12.6. The fourth-order valence-corrected chi connectivity index (χ4v) is 4.06. The number of aryl methyl sites for hydroxylation is 1. The van der Waals surface area contributed by atoms with Crippen molar-refractivity contribution in [2.45, 2.75) is 40.7 Å². The van der Waals surface area contributed by atoms with Crippen LogP contribution in [0, 0.1) is 12.8 Å². The number of hydrogen-bond donors (Lipinski definition) is 3. The molecule has 2 aromatic rings. The molecule has 34 heavy (non-hydrogen) atoms. The van der Waals surface area contributed by atoms with Crippen molar-refractivity contribution in [2.75, 3.05) is 31.5 Å². The van der Waals surface area contributed by atoms with Crippen LogP contribution in [0.5, 0.6) is 5.75 Å². The van der Waals surface area contributed by atoms with E-state index in [2.05, 4.69) is 14.1 Å². The van der Waals surface area contributed by atoms with Gasteiger partial charge in [-0.3, -0.25) is 9.80 Å². The van der Waals surface area contributed by atoms with Crippen molar-refractivity contribution in [3.8, 4) is 5.75 Å². The van der Waals surface area contributed by atoms with Crippen LogP contribution in [0.15, 0.2) is 35.6 Å². The first-order chi connectivity index (χ1) is 15.9. The number of nitrogens with zero attached hydrogens (tertiary/aromatic N) is 4.